The molecule has 10 heteroatoms. The van der Waals surface area contributed by atoms with E-state index in [1.165, 1.54) is 25.4 Å². The Labute approximate surface area is 133 Å². The van der Waals surface area contributed by atoms with Crippen LogP contribution in [0.25, 0.3) is 15.2 Å². The van der Waals surface area contributed by atoms with Crippen LogP contribution in [0.15, 0.2) is 12.1 Å². The molecule has 3 nitrogen and oxygen atoms in total. The van der Waals surface area contributed by atoms with Gasteiger partial charge in [0.1, 0.15) is 21.3 Å². The minimum atomic E-state index is -4.54. The summed E-state index contributed by atoms with van der Waals surface area (Å²) in [7, 11) is 2.70. The standard InChI is InChI=1S/C11H2Cl2F3N3S2/c12-5-1-4(11(14,15)16)2-6(13)8(5)19-10-9(20-21-10)7(3-17)18-19/h1-2H. The molecule has 0 unspecified atom stereocenters. The summed E-state index contributed by atoms with van der Waals surface area (Å²) in [6.07, 6.45) is -4.54. The highest BCUT2D eigenvalue weighted by molar-refractivity contribution is 7.78. The molecule has 0 radical (unpaired) electrons. The molecule has 3 aromatic rings. The summed E-state index contributed by atoms with van der Waals surface area (Å²) in [6.45, 7) is 0. The van der Waals surface area contributed by atoms with Crippen LogP contribution in [0.2, 0.25) is 10.0 Å². The Bertz CT molecular complexity index is 862. The van der Waals surface area contributed by atoms with Crippen molar-refractivity contribution in [1.82, 2.24) is 9.78 Å². The normalized spacial score (nSPS) is 12.0. The van der Waals surface area contributed by atoms with E-state index in [2.05, 4.69) is 5.10 Å². The first kappa shape index (κ1) is 14.7. The Morgan fingerprint density at radius 1 is 1.19 bits per heavy atom. The molecule has 0 atom stereocenters. The van der Waals surface area contributed by atoms with E-state index in [-0.39, 0.29) is 21.4 Å². The lowest BCUT2D eigenvalue weighted by molar-refractivity contribution is -0.137. The highest BCUT2D eigenvalue weighted by atomic mass is 35.5. The van der Waals surface area contributed by atoms with E-state index in [0.717, 1.165) is 12.1 Å². The molecule has 21 heavy (non-hydrogen) atoms. The smallest absolute Gasteiger partial charge is 0.217 e. The molecule has 0 amide bonds. The van der Waals surface area contributed by atoms with Gasteiger partial charge < -0.3 is 0 Å². The van der Waals surface area contributed by atoms with E-state index in [9.17, 15) is 13.2 Å². The van der Waals surface area contributed by atoms with Crippen molar-refractivity contribution in [3.8, 4) is 11.8 Å². The fourth-order valence-corrected chi connectivity index (χ4v) is 4.35. The highest BCUT2D eigenvalue weighted by Crippen LogP contribution is 2.41. The maximum absolute atomic E-state index is 12.7. The van der Waals surface area contributed by atoms with E-state index < -0.39 is 11.7 Å². The molecule has 2 heterocycles. The lowest BCUT2D eigenvalue weighted by Crippen LogP contribution is -2.07. The van der Waals surface area contributed by atoms with Crippen molar-refractivity contribution in [3.05, 3.63) is 33.4 Å². The predicted molar refractivity (Wildman–Crippen MR) is 76.6 cm³/mol. The van der Waals surface area contributed by atoms with Gasteiger partial charge in [-0.05, 0) is 12.1 Å². The van der Waals surface area contributed by atoms with Crippen LogP contribution in [0.1, 0.15) is 11.3 Å². The average Bonchev–Trinajstić information content (AvgIpc) is 2.57. The second-order valence-corrected chi connectivity index (χ2v) is 6.90. The number of alkyl halides is 3. The Hall–Kier alpha value is -1.27. The first-order chi connectivity index (χ1) is 9.82. The van der Waals surface area contributed by atoms with Crippen LogP contribution < -0.4 is 0 Å². The van der Waals surface area contributed by atoms with Crippen molar-refractivity contribution < 1.29 is 13.2 Å². The first-order valence-corrected chi connectivity index (χ1v) is 8.17. The molecule has 0 fully saturated rings. The number of benzene rings is 1. The topological polar surface area (TPSA) is 41.6 Å². The highest BCUT2D eigenvalue weighted by Gasteiger charge is 2.32. The van der Waals surface area contributed by atoms with Gasteiger partial charge in [0.2, 0.25) is 0 Å². The van der Waals surface area contributed by atoms with Gasteiger partial charge >= 0.3 is 6.18 Å². The third kappa shape index (κ3) is 2.30. The molecule has 0 saturated heterocycles. The SMILES string of the molecule is N#Cc1nn(-c2c(Cl)cc(C(F)(F)F)cc2Cl)c2ssc12. The van der Waals surface area contributed by atoms with E-state index >= 15 is 0 Å². The molecule has 0 N–H and O–H groups in total. The predicted octanol–water partition coefficient (Wildman–Crippen LogP) is 5.35. The molecule has 0 aliphatic heterocycles. The Morgan fingerprint density at radius 2 is 1.81 bits per heavy atom. The fourth-order valence-electron chi connectivity index (χ4n) is 1.74. The molecular weight excluding hydrogens is 366 g/mol. The third-order valence-electron chi connectivity index (χ3n) is 2.67. The van der Waals surface area contributed by atoms with Crippen LogP contribution in [0.3, 0.4) is 0 Å². The van der Waals surface area contributed by atoms with Gasteiger partial charge in [-0.25, -0.2) is 4.68 Å². The number of halogens is 5. The van der Waals surface area contributed by atoms with Gasteiger partial charge in [-0.3, -0.25) is 0 Å². The summed E-state index contributed by atoms with van der Waals surface area (Å²) in [5.74, 6) is 0. The number of nitrogens with zero attached hydrogens (tertiary/aromatic N) is 3. The van der Waals surface area contributed by atoms with Crippen molar-refractivity contribution in [2.75, 3.05) is 0 Å². The van der Waals surface area contributed by atoms with Gasteiger partial charge in [0.05, 0.1) is 15.6 Å². The molecule has 0 saturated carbocycles. The summed E-state index contributed by atoms with van der Waals surface area (Å²) >= 11 is 11.9. The summed E-state index contributed by atoms with van der Waals surface area (Å²) in [5.41, 5.74) is -0.604. The van der Waals surface area contributed by atoms with Gasteiger partial charge in [-0.15, -0.1) is 0 Å². The molecule has 1 aromatic carbocycles. The van der Waals surface area contributed by atoms with Crippen molar-refractivity contribution in [2.24, 2.45) is 0 Å². The maximum Gasteiger partial charge on any atom is 0.416 e. The van der Waals surface area contributed by atoms with E-state index in [1.54, 1.807) is 0 Å². The fraction of sp³-hybridized carbons (Fsp3) is 0.0909. The average molecular weight is 368 g/mol. The molecule has 108 valence electrons. The number of hydrogen-bond donors (Lipinski definition) is 0. The molecule has 0 spiro atoms. The molecular formula is C11H2Cl2F3N3S2. The van der Waals surface area contributed by atoms with Gasteiger partial charge in [0.25, 0.3) is 0 Å². The largest absolute Gasteiger partial charge is 0.416 e. The minimum absolute atomic E-state index is 0.136. The zero-order valence-corrected chi connectivity index (χ0v) is 12.8. The number of hydrogen-bond acceptors (Lipinski definition) is 4. The second kappa shape index (κ2) is 4.88. The number of aromatic nitrogens is 2. The van der Waals surface area contributed by atoms with Crippen LogP contribution in [0.4, 0.5) is 13.2 Å². The van der Waals surface area contributed by atoms with Crippen molar-refractivity contribution in [3.63, 3.8) is 0 Å². The van der Waals surface area contributed by atoms with Crippen LogP contribution >= 0.6 is 43.9 Å². The molecule has 3 rings (SSSR count). The second-order valence-electron chi connectivity index (χ2n) is 3.96. The summed E-state index contributed by atoms with van der Waals surface area (Å²) in [6, 6.07) is 3.50. The lowest BCUT2D eigenvalue weighted by atomic mass is 10.2. The van der Waals surface area contributed by atoms with E-state index in [4.69, 9.17) is 28.5 Å². The van der Waals surface area contributed by atoms with Crippen molar-refractivity contribution in [2.45, 2.75) is 6.18 Å². The molecule has 0 aliphatic carbocycles. The van der Waals surface area contributed by atoms with Gasteiger partial charge in [0.15, 0.2) is 5.69 Å². The van der Waals surface area contributed by atoms with Crippen LogP contribution in [0.5, 0.6) is 0 Å². The minimum Gasteiger partial charge on any atom is -0.217 e. The zero-order valence-electron chi connectivity index (χ0n) is 9.70. The summed E-state index contributed by atoms with van der Waals surface area (Å²) < 4.78 is 40.1. The molecule has 0 aliphatic rings. The van der Waals surface area contributed by atoms with Gasteiger partial charge in [-0.2, -0.15) is 23.5 Å². The van der Waals surface area contributed by atoms with Crippen LogP contribution in [-0.2, 0) is 6.18 Å². The first-order valence-electron chi connectivity index (χ1n) is 5.27. The monoisotopic (exact) mass is 367 g/mol. The number of fused-ring (bicyclic) bond motifs is 1. The third-order valence-corrected chi connectivity index (χ3v) is 5.77. The van der Waals surface area contributed by atoms with Crippen molar-refractivity contribution >= 4 is 53.4 Å². The number of rotatable bonds is 1. The van der Waals surface area contributed by atoms with Gasteiger partial charge in [0, 0.05) is 0 Å². The summed E-state index contributed by atoms with van der Waals surface area (Å²) in [5, 5.41) is 12.6. The molecule has 2 aromatic heterocycles. The van der Waals surface area contributed by atoms with E-state index in [0.29, 0.717) is 9.53 Å². The Balaban J connectivity index is 2.23. The van der Waals surface area contributed by atoms with Crippen molar-refractivity contribution in [1.29, 1.82) is 5.26 Å². The van der Waals surface area contributed by atoms with Gasteiger partial charge in [-0.1, -0.05) is 43.9 Å². The Kier molecular flexibility index (Phi) is 3.41. The quantitative estimate of drug-likeness (QED) is 0.544. The molecule has 0 bridgehead atoms. The number of nitriles is 1. The van der Waals surface area contributed by atoms with E-state index in [1.807, 2.05) is 6.07 Å². The zero-order chi connectivity index (χ0) is 15.4. The summed E-state index contributed by atoms with van der Waals surface area (Å²) in [4.78, 5) is 0.639. The van der Waals surface area contributed by atoms with Crippen LogP contribution in [-0.4, -0.2) is 9.78 Å². The maximum atomic E-state index is 12.7. The lowest BCUT2D eigenvalue weighted by Gasteiger charge is -2.12. The Morgan fingerprint density at radius 3 is 2.19 bits per heavy atom. The van der Waals surface area contributed by atoms with Crippen LogP contribution in [0, 0.1) is 11.3 Å².